The summed E-state index contributed by atoms with van der Waals surface area (Å²) in [6.45, 7) is 1.70. The van der Waals surface area contributed by atoms with E-state index in [2.05, 4.69) is 11.8 Å². The molecule has 0 aliphatic carbocycles. The molecule has 3 heteroatoms. The predicted octanol–water partition coefficient (Wildman–Crippen LogP) is 3.85. The van der Waals surface area contributed by atoms with E-state index in [1.54, 1.807) is 12.1 Å². The maximum absolute atomic E-state index is 12.8. The summed E-state index contributed by atoms with van der Waals surface area (Å²) >= 11 is 0. The maximum atomic E-state index is 12.8. The van der Waals surface area contributed by atoms with Crippen molar-refractivity contribution in [2.45, 2.75) is 19.3 Å². The lowest BCUT2D eigenvalue weighted by Crippen LogP contribution is -2.35. The number of amides is 1. The van der Waals surface area contributed by atoms with E-state index < -0.39 is 0 Å². The number of carbonyl (C=O) groups is 1. The van der Waals surface area contributed by atoms with Gasteiger partial charge in [-0.25, -0.2) is 4.39 Å². The summed E-state index contributed by atoms with van der Waals surface area (Å²) in [7, 11) is 0. The summed E-state index contributed by atoms with van der Waals surface area (Å²) in [5.74, 6) is 5.85. The van der Waals surface area contributed by atoms with Crippen molar-refractivity contribution in [2.75, 3.05) is 13.1 Å². The smallest absolute Gasteiger partial charge is 0.253 e. The Morgan fingerprint density at radius 1 is 0.826 bits per heavy atom. The molecule has 0 saturated carbocycles. The van der Waals surface area contributed by atoms with Gasteiger partial charge in [0.2, 0.25) is 0 Å². The van der Waals surface area contributed by atoms with Crippen LogP contribution in [0.4, 0.5) is 4.39 Å². The lowest BCUT2D eigenvalue weighted by molar-refractivity contribution is 0.0724. The third-order valence-corrected chi connectivity index (χ3v) is 3.97. The van der Waals surface area contributed by atoms with Crippen LogP contribution in [-0.2, 0) is 0 Å². The zero-order valence-electron chi connectivity index (χ0n) is 12.9. The zero-order valence-corrected chi connectivity index (χ0v) is 12.9. The van der Waals surface area contributed by atoms with E-state index in [1.165, 1.54) is 18.6 Å². The number of carbonyl (C=O) groups excluding carboxylic acids is 1. The molecule has 1 aliphatic rings. The van der Waals surface area contributed by atoms with Gasteiger partial charge in [-0.15, -0.1) is 0 Å². The largest absolute Gasteiger partial charge is 0.339 e. The molecular formula is C20H18FNO. The SMILES string of the molecule is O=C(c1ccc(C#Cc2ccc(F)cc2)cc1)N1CCCCC1. The molecular weight excluding hydrogens is 289 g/mol. The molecule has 23 heavy (non-hydrogen) atoms. The molecule has 0 radical (unpaired) electrons. The lowest BCUT2D eigenvalue weighted by atomic mass is 10.1. The highest BCUT2D eigenvalue weighted by Crippen LogP contribution is 2.13. The van der Waals surface area contributed by atoms with E-state index >= 15 is 0 Å². The van der Waals surface area contributed by atoms with Crippen molar-refractivity contribution in [3.8, 4) is 11.8 Å². The number of likely N-dealkylation sites (tertiary alicyclic amines) is 1. The van der Waals surface area contributed by atoms with Gasteiger partial charge in [-0.3, -0.25) is 4.79 Å². The normalized spacial score (nSPS) is 14.0. The van der Waals surface area contributed by atoms with Crippen LogP contribution in [-0.4, -0.2) is 23.9 Å². The molecule has 0 atom stereocenters. The quantitative estimate of drug-likeness (QED) is 0.733. The summed E-state index contributed by atoms with van der Waals surface area (Å²) in [6.07, 6.45) is 3.39. The standard InChI is InChI=1S/C20H18FNO/c21-19-12-8-17(9-13-19)5-4-16-6-10-18(11-7-16)20(23)22-14-2-1-3-15-22/h6-13H,1-3,14-15H2. The molecule has 1 fully saturated rings. The minimum Gasteiger partial charge on any atom is -0.339 e. The van der Waals surface area contributed by atoms with Gasteiger partial charge in [0.1, 0.15) is 5.82 Å². The highest BCUT2D eigenvalue weighted by molar-refractivity contribution is 5.94. The van der Waals surface area contributed by atoms with Crippen LogP contribution in [0.5, 0.6) is 0 Å². The Bertz CT molecular complexity index is 732. The van der Waals surface area contributed by atoms with Crippen LogP contribution >= 0.6 is 0 Å². The molecule has 0 spiro atoms. The van der Waals surface area contributed by atoms with E-state index in [0.717, 1.165) is 37.1 Å². The van der Waals surface area contributed by atoms with Crippen LogP contribution in [0.1, 0.15) is 40.7 Å². The average molecular weight is 307 g/mol. The van der Waals surface area contributed by atoms with Crippen molar-refractivity contribution in [1.82, 2.24) is 4.90 Å². The molecule has 116 valence electrons. The second-order valence-electron chi connectivity index (χ2n) is 5.69. The summed E-state index contributed by atoms with van der Waals surface area (Å²) in [6, 6.07) is 13.4. The van der Waals surface area contributed by atoms with Crippen molar-refractivity contribution in [1.29, 1.82) is 0 Å². The Labute approximate surface area is 135 Å². The first-order valence-electron chi connectivity index (χ1n) is 7.89. The Morgan fingerprint density at radius 3 is 1.91 bits per heavy atom. The van der Waals surface area contributed by atoms with Gasteiger partial charge in [-0.1, -0.05) is 11.8 Å². The van der Waals surface area contributed by atoms with Crippen molar-refractivity contribution in [3.05, 3.63) is 71.0 Å². The molecule has 2 aromatic carbocycles. The van der Waals surface area contributed by atoms with Crippen LogP contribution in [0.2, 0.25) is 0 Å². The fourth-order valence-corrected chi connectivity index (χ4v) is 2.65. The molecule has 0 bridgehead atoms. The maximum Gasteiger partial charge on any atom is 0.253 e. The van der Waals surface area contributed by atoms with Gasteiger partial charge in [0.15, 0.2) is 0 Å². The zero-order chi connectivity index (χ0) is 16.1. The van der Waals surface area contributed by atoms with Crippen molar-refractivity contribution in [2.24, 2.45) is 0 Å². The predicted molar refractivity (Wildman–Crippen MR) is 88.6 cm³/mol. The topological polar surface area (TPSA) is 20.3 Å². The van der Waals surface area contributed by atoms with Crippen molar-refractivity contribution < 1.29 is 9.18 Å². The number of hydrogen-bond acceptors (Lipinski definition) is 1. The number of piperidine rings is 1. The minimum absolute atomic E-state index is 0.0998. The van der Waals surface area contributed by atoms with Gasteiger partial charge < -0.3 is 4.90 Å². The summed E-state index contributed by atoms with van der Waals surface area (Å²) < 4.78 is 12.8. The molecule has 3 rings (SSSR count). The highest BCUT2D eigenvalue weighted by Gasteiger charge is 2.17. The molecule has 1 aliphatic heterocycles. The van der Waals surface area contributed by atoms with Crippen LogP contribution in [0.15, 0.2) is 48.5 Å². The summed E-state index contributed by atoms with van der Waals surface area (Å²) in [5, 5.41) is 0. The van der Waals surface area contributed by atoms with Gasteiger partial charge in [0, 0.05) is 29.8 Å². The van der Waals surface area contributed by atoms with E-state index in [9.17, 15) is 9.18 Å². The number of rotatable bonds is 1. The fraction of sp³-hybridized carbons (Fsp3) is 0.250. The number of nitrogens with zero attached hydrogens (tertiary/aromatic N) is 1. The minimum atomic E-state index is -0.267. The van der Waals surface area contributed by atoms with Gasteiger partial charge in [0.25, 0.3) is 5.91 Å². The molecule has 1 amide bonds. The Balaban J connectivity index is 1.69. The number of halogens is 1. The van der Waals surface area contributed by atoms with Crippen molar-refractivity contribution in [3.63, 3.8) is 0 Å². The van der Waals surface area contributed by atoms with Crippen LogP contribution < -0.4 is 0 Å². The fourth-order valence-electron chi connectivity index (χ4n) is 2.65. The Morgan fingerprint density at radius 2 is 1.35 bits per heavy atom. The van der Waals surface area contributed by atoms with Gasteiger partial charge in [-0.2, -0.15) is 0 Å². The van der Waals surface area contributed by atoms with Crippen molar-refractivity contribution >= 4 is 5.91 Å². The summed E-state index contributed by atoms with van der Waals surface area (Å²) in [4.78, 5) is 14.3. The monoisotopic (exact) mass is 307 g/mol. The molecule has 0 aromatic heterocycles. The van der Waals surface area contributed by atoms with Crippen LogP contribution in [0.25, 0.3) is 0 Å². The Hall–Kier alpha value is -2.60. The third-order valence-electron chi connectivity index (χ3n) is 3.97. The van der Waals surface area contributed by atoms with E-state index in [1.807, 2.05) is 29.2 Å². The molecule has 2 aromatic rings. The molecule has 2 nitrogen and oxygen atoms in total. The Kier molecular flexibility index (Phi) is 4.73. The van der Waals surface area contributed by atoms with Crippen LogP contribution in [0, 0.1) is 17.7 Å². The molecule has 1 saturated heterocycles. The second kappa shape index (κ2) is 7.11. The highest BCUT2D eigenvalue weighted by atomic mass is 19.1. The van der Waals surface area contributed by atoms with Gasteiger partial charge >= 0.3 is 0 Å². The first-order chi connectivity index (χ1) is 11.2. The third kappa shape index (κ3) is 3.98. The second-order valence-corrected chi connectivity index (χ2v) is 5.69. The lowest BCUT2D eigenvalue weighted by Gasteiger charge is -2.26. The number of benzene rings is 2. The first kappa shape index (κ1) is 15.3. The van der Waals surface area contributed by atoms with Gasteiger partial charge in [0.05, 0.1) is 0 Å². The van der Waals surface area contributed by atoms with E-state index in [4.69, 9.17) is 0 Å². The molecule has 0 N–H and O–H groups in total. The molecule has 0 unspecified atom stereocenters. The first-order valence-corrected chi connectivity index (χ1v) is 7.89. The molecule has 1 heterocycles. The summed E-state index contributed by atoms with van der Waals surface area (Å²) in [5.41, 5.74) is 2.31. The van der Waals surface area contributed by atoms with Gasteiger partial charge in [-0.05, 0) is 67.8 Å². The number of hydrogen-bond donors (Lipinski definition) is 0. The average Bonchev–Trinajstić information content (AvgIpc) is 2.62. The van der Waals surface area contributed by atoms with E-state index in [-0.39, 0.29) is 11.7 Å². The van der Waals surface area contributed by atoms with Crippen LogP contribution in [0.3, 0.4) is 0 Å². The van der Waals surface area contributed by atoms with E-state index in [0.29, 0.717) is 5.56 Å².